The maximum absolute atomic E-state index is 13.2. The summed E-state index contributed by atoms with van der Waals surface area (Å²) in [6.07, 6.45) is 0. The Bertz CT molecular complexity index is 503. The van der Waals surface area contributed by atoms with Crippen LogP contribution in [0.5, 0.6) is 5.75 Å². The molecule has 0 aromatic heterocycles. The van der Waals surface area contributed by atoms with Crippen LogP contribution in [0.1, 0.15) is 24.2 Å². The van der Waals surface area contributed by atoms with Gasteiger partial charge in [-0.3, -0.25) is 4.79 Å². The van der Waals surface area contributed by atoms with Gasteiger partial charge in [0.1, 0.15) is 0 Å². The van der Waals surface area contributed by atoms with Crippen LogP contribution in [-0.4, -0.2) is 24.6 Å². The van der Waals surface area contributed by atoms with Gasteiger partial charge in [0.05, 0.1) is 12.1 Å². The van der Waals surface area contributed by atoms with Crippen LogP contribution in [0.25, 0.3) is 0 Å². The van der Waals surface area contributed by atoms with Crippen molar-refractivity contribution < 1.29 is 13.9 Å². The first-order valence-electron chi connectivity index (χ1n) is 5.69. The summed E-state index contributed by atoms with van der Waals surface area (Å²) in [5, 5.41) is 2.71. The summed E-state index contributed by atoms with van der Waals surface area (Å²) in [7, 11) is 1.34. The zero-order valence-corrected chi connectivity index (χ0v) is 11.9. The second-order valence-corrected chi connectivity index (χ2v) is 5.22. The third kappa shape index (κ3) is 3.89. The number of halogens is 1. The monoisotopic (exact) mass is 284 g/mol. The minimum atomic E-state index is -0.512. The fraction of sp³-hybridized carbons (Fsp3) is 0.385. The first-order valence-corrected chi connectivity index (χ1v) is 6.10. The number of nitrogens with two attached hydrogens (primary N) is 1. The number of carbonyl (C=O) groups excluding carboxylic acids is 1. The van der Waals surface area contributed by atoms with Gasteiger partial charge in [0, 0.05) is 17.5 Å². The largest absolute Gasteiger partial charge is 0.494 e. The number of rotatable bonds is 5. The molecule has 0 atom stereocenters. The normalized spacial score (nSPS) is 10.9. The third-order valence-corrected chi connectivity index (χ3v) is 3.32. The summed E-state index contributed by atoms with van der Waals surface area (Å²) in [6.45, 7) is 3.97. The molecule has 0 heterocycles. The quantitative estimate of drug-likeness (QED) is 0.810. The second kappa shape index (κ2) is 5.97. The lowest BCUT2D eigenvalue weighted by atomic mass is 9.93. The van der Waals surface area contributed by atoms with E-state index in [0.717, 1.165) is 0 Å². The van der Waals surface area contributed by atoms with Crippen LogP contribution in [0.4, 0.5) is 4.39 Å². The van der Waals surface area contributed by atoms with E-state index < -0.39 is 11.2 Å². The predicted molar refractivity (Wildman–Crippen MR) is 75.9 cm³/mol. The first kappa shape index (κ1) is 15.4. The minimum Gasteiger partial charge on any atom is -0.494 e. The van der Waals surface area contributed by atoms with Crippen LogP contribution in [-0.2, 0) is 0 Å². The van der Waals surface area contributed by atoms with Crippen molar-refractivity contribution in [2.75, 3.05) is 13.7 Å². The molecule has 0 bridgehead atoms. The van der Waals surface area contributed by atoms with Crippen LogP contribution in [0.15, 0.2) is 18.2 Å². The lowest BCUT2D eigenvalue weighted by Gasteiger charge is -2.23. The number of carbonyl (C=O) groups is 1. The number of benzene rings is 1. The molecule has 0 spiro atoms. The van der Waals surface area contributed by atoms with Crippen molar-refractivity contribution in [3.05, 3.63) is 29.6 Å². The van der Waals surface area contributed by atoms with E-state index in [2.05, 4.69) is 5.32 Å². The third-order valence-electron chi connectivity index (χ3n) is 2.77. The van der Waals surface area contributed by atoms with E-state index in [9.17, 15) is 9.18 Å². The number of thiocarbonyl (C=S) groups is 1. The van der Waals surface area contributed by atoms with Crippen LogP contribution in [0.3, 0.4) is 0 Å². The molecule has 19 heavy (non-hydrogen) atoms. The van der Waals surface area contributed by atoms with Gasteiger partial charge in [0.15, 0.2) is 11.6 Å². The Morgan fingerprint density at radius 2 is 2.16 bits per heavy atom. The molecule has 1 aromatic rings. The van der Waals surface area contributed by atoms with E-state index >= 15 is 0 Å². The van der Waals surface area contributed by atoms with E-state index in [4.69, 9.17) is 22.7 Å². The van der Waals surface area contributed by atoms with Crippen LogP contribution >= 0.6 is 12.2 Å². The number of amides is 1. The van der Waals surface area contributed by atoms with Crippen molar-refractivity contribution in [3.63, 3.8) is 0 Å². The molecule has 1 rings (SSSR count). The van der Waals surface area contributed by atoms with Crippen LogP contribution < -0.4 is 15.8 Å². The molecule has 3 N–H and O–H groups in total. The average Bonchev–Trinajstić information content (AvgIpc) is 2.36. The molecule has 0 aliphatic carbocycles. The summed E-state index contributed by atoms with van der Waals surface area (Å²) in [5.74, 6) is -0.814. The maximum Gasteiger partial charge on any atom is 0.251 e. The molecule has 104 valence electrons. The molecule has 0 aliphatic rings. The highest BCUT2D eigenvalue weighted by molar-refractivity contribution is 7.80. The lowest BCUT2D eigenvalue weighted by molar-refractivity contribution is 0.0944. The smallest absolute Gasteiger partial charge is 0.251 e. The van der Waals surface area contributed by atoms with Gasteiger partial charge in [-0.25, -0.2) is 4.39 Å². The highest BCUT2D eigenvalue weighted by atomic mass is 32.1. The van der Waals surface area contributed by atoms with Gasteiger partial charge in [0.25, 0.3) is 5.91 Å². The van der Waals surface area contributed by atoms with Crippen molar-refractivity contribution in [2.24, 2.45) is 11.1 Å². The van der Waals surface area contributed by atoms with Gasteiger partial charge in [-0.2, -0.15) is 0 Å². The molecule has 0 saturated carbocycles. The van der Waals surface area contributed by atoms with Crippen LogP contribution in [0, 0.1) is 11.2 Å². The molecule has 1 aromatic carbocycles. The Morgan fingerprint density at radius 1 is 1.53 bits per heavy atom. The predicted octanol–water partition coefficient (Wildman–Crippen LogP) is 1.88. The summed E-state index contributed by atoms with van der Waals surface area (Å²) < 4.78 is 18.0. The Balaban J connectivity index is 2.77. The van der Waals surface area contributed by atoms with Gasteiger partial charge >= 0.3 is 0 Å². The van der Waals surface area contributed by atoms with Crippen molar-refractivity contribution in [1.29, 1.82) is 0 Å². The molecule has 0 radical (unpaired) electrons. The lowest BCUT2D eigenvalue weighted by Crippen LogP contribution is -2.41. The standard InChI is InChI=1S/C13H17FN2O2S/c1-13(2,12(15)19)7-16-11(17)8-4-5-9(14)10(6-8)18-3/h4-6H,7H2,1-3H3,(H2,15,19)(H,16,17). The summed E-state index contributed by atoms with van der Waals surface area (Å²) in [5.41, 5.74) is 5.41. The first-order chi connectivity index (χ1) is 8.77. The Hall–Kier alpha value is -1.69. The van der Waals surface area contributed by atoms with Crippen molar-refractivity contribution >= 4 is 23.1 Å². The van der Waals surface area contributed by atoms with Crippen LogP contribution in [0.2, 0.25) is 0 Å². The Labute approximate surface area is 117 Å². The van der Waals surface area contributed by atoms with Gasteiger partial charge in [-0.05, 0) is 18.2 Å². The maximum atomic E-state index is 13.2. The highest BCUT2D eigenvalue weighted by Crippen LogP contribution is 2.19. The number of methoxy groups -OCH3 is 1. The SMILES string of the molecule is COc1cc(C(=O)NCC(C)(C)C(N)=S)ccc1F. The van der Waals surface area contributed by atoms with Gasteiger partial charge in [-0.15, -0.1) is 0 Å². The van der Waals surface area contributed by atoms with Crippen molar-refractivity contribution in [1.82, 2.24) is 5.32 Å². The summed E-state index contributed by atoms with van der Waals surface area (Å²) >= 11 is 4.91. The van der Waals surface area contributed by atoms with Gasteiger partial charge in [-0.1, -0.05) is 26.1 Å². The fourth-order valence-corrected chi connectivity index (χ4v) is 1.36. The van der Waals surface area contributed by atoms with E-state index in [-0.39, 0.29) is 11.7 Å². The Kier molecular flexibility index (Phi) is 4.83. The Morgan fingerprint density at radius 3 is 2.68 bits per heavy atom. The zero-order valence-electron chi connectivity index (χ0n) is 11.1. The highest BCUT2D eigenvalue weighted by Gasteiger charge is 2.22. The van der Waals surface area contributed by atoms with Crippen molar-refractivity contribution in [3.8, 4) is 5.75 Å². The average molecular weight is 284 g/mol. The van der Waals surface area contributed by atoms with Crippen molar-refractivity contribution in [2.45, 2.75) is 13.8 Å². The van der Waals surface area contributed by atoms with Gasteiger partial charge < -0.3 is 15.8 Å². The summed E-state index contributed by atoms with van der Waals surface area (Å²) in [4.78, 5) is 12.2. The molecule has 0 aliphatic heterocycles. The number of hydrogen-bond donors (Lipinski definition) is 2. The molecule has 6 heteroatoms. The molecule has 4 nitrogen and oxygen atoms in total. The number of ether oxygens (including phenoxy) is 1. The van der Waals surface area contributed by atoms with E-state index in [0.29, 0.717) is 17.1 Å². The van der Waals surface area contributed by atoms with E-state index in [1.54, 1.807) is 0 Å². The zero-order chi connectivity index (χ0) is 14.6. The van der Waals surface area contributed by atoms with E-state index in [1.807, 2.05) is 13.8 Å². The number of nitrogens with one attached hydrogen (secondary N) is 1. The second-order valence-electron chi connectivity index (χ2n) is 4.78. The van der Waals surface area contributed by atoms with Gasteiger partial charge in [0.2, 0.25) is 0 Å². The molecule has 1 amide bonds. The molecule has 0 saturated heterocycles. The molecular formula is C13H17FN2O2S. The fourth-order valence-electron chi connectivity index (χ4n) is 1.29. The minimum absolute atomic E-state index is 0.0289. The van der Waals surface area contributed by atoms with E-state index in [1.165, 1.54) is 25.3 Å². The topological polar surface area (TPSA) is 64.3 Å². The molecular weight excluding hydrogens is 267 g/mol. The molecule has 0 fully saturated rings. The molecule has 0 unspecified atom stereocenters. The number of hydrogen-bond acceptors (Lipinski definition) is 3. The summed E-state index contributed by atoms with van der Waals surface area (Å²) in [6, 6.07) is 3.92.